The van der Waals surface area contributed by atoms with E-state index in [1.807, 2.05) is 0 Å². The molecule has 0 radical (unpaired) electrons. The maximum absolute atomic E-state index is 12.8. The van der Waals surface area contributed by atoms with Gasteiger partial charge in [-0.2, -0.15) is 0 Å². The van der Waals surface area contributed by atoms with Crippen molar-refractivity contribution >= 4 is 11.7 Å². The molecular formula is C21H37N3O2. The van der Waals surface area contributed by atoms with Crippen molar-refractivity contribution in [1.29, 1.82) is 0 Å². The molecule has 1 saturated carbocycles. The fourth-order valence-corrected chi connectivity index (χ4v) is 4.88. The summed E-state index contributed by atoms with van der Waals surface area (Å²) in [4.78, 5) is 31.4. The van der Waals surface area contributed by atoms with Crippen LogP contribution in [0.3, 0.4) is 0 Å². The van der Waals surface area contributed by atoms with E-state index in [1.165, 1.54) is 52.0 Å². The van der Waals surface area contributed by atoms with E-state index in [0.717, 1.165) is 44.7 Å². The van der Waals surface area contributed by atoms with Crippen LogP contribution in [0, 0.1) is 17.8 Å². The summed E-state index contributed by atoms with van der Waals surface area (Å²) in [5, 5.41) is 0. The first-order chi connectivity index (χ1) is 12.5. The third-order valence-electron chi connectivity index (χ3n) is 7.03. The van der Waals surface area contributed by atoms with Gasteiger partial charge in [0.1, 0.15) is 5.78 Å². The van der Waals surface area contributed by atoms with Crippen LogP contribution in [0.1, 0.15) is 51.9 Å². The SMILES string of the molecule is CC(=O)C1CCC(C(=O)N2CCC(CCN3CCN(C)CC3)CC2)CC1. The lowest BCUT2D eigenvalue weighted by atomic mass is 9.79. The molecule has 2 saturated heterocycles. The number of carbonyl (C=O) groups excluding carboxylic acids is 2. The fraction of sp³-hybridized carbons (Fsp3) is 0.905. The second kappa shape index (κ2) is 9.32. The van der Waals surface area contributed by atoms with Crippen LogP contribution in [-0.2, 0) is 9.59 Å². The van der Waals surface area contributed by atoms with Crippen molar-refractivity contribution in [3.05, 3.63) is 0 Å². The van der Waals surface area contributed by atoms with Gasteiger partial charge < -0.3 is 14.7 Å². The van der Waals surface area contributed by atoms with Gasteiger partial charge >= 0.3 is 0 Å². The van der Waals surface area contributed by atoms with Crippen LogP contribution >= 0.6 is 0 Å². The Kier molecular flexibility index (Phi) is 7.10. The van der Waals surface area contributed by atoms with Crippen LogP contribution in [0.4, 0.5) is 0 Å². The van der Waals surface area contributed by atoms with Crippen molar-refractivity contribution in [2.75, 3.05) is 52.9 Å². The molecule has 0 aromatic rings. The van der Waals surface area contributed by atoms with Gasteiger partial charge in [0, 0.05) is 51.1 Å². The van der Waals surface area contributed by atoms with Crippen LogP contribution < -0.4 is 0 Å². The number of nitrogens with zero attached hydrogens (tertiary/aromatic N) is 3. The van der Waals surface area contributed by atoms with E-state index < -0.39 is 0 Å². The van der Waals surface area contributed by atoms with Gasteiger partial charge in [-0.25, -0.2) is 0 Å². The molecule has 3 rings (SSSR count). The second-order valence-electron chi connectivity index (χ2n) is 8.86. The molecule has 1 amide bonds. The Morgan fingerprint density at radius 3 is 1.96 bits per heavy atom. The number of hydrogen-bond donors (Lipinski definition) is 0. The molecule has 5 heteroatoms. The molecule has 0 N–H and O–H groups in total. The third kappa shape index (κ3) is 5.29. The minimum Gasteiger partial charge on any atom is -0.342 e. The van der Waals surface area contributed by atoms with Gasteiger partial charge in [0.15, 0.2) is 0 Å². The van der Waals surface area contributed by atoms with Gasteiger partial charge in [0.25, 0.3) is 0 Å². The number of ketones is 1. The van der Waals surface area contributed by atoms with Gasteiger partial charge in [-0.05, 0) is 71.4 Å². The number of rotatable bonds is 5. The summed E-state index contributed by atoms with van der Waals surface area (Å²) in [5.41, 5.74) is 0. The summed E-state index contributed by atoms with van der Waals surface area (Å²) >= 11 is 0. The summed E-state index contributed by atoms with van der Waals surface area (Å²) in [6.07, 6.45) is 7.26. The highest BCUT2D eigenvalue weighted by Gasteiger charge is 2.32. The molecule has 0 atom stereocenters. The zero-order chi connectivity index (χ0) is 18.5. The van der Waals surface area contributed by atoms with E-state index in [4.69, 9.17) is 0 Å². The van der Waals surface area contributed by atoms with Gasteiger partial charge in [-0.1, -0.05) is 0 Å². The average Bonchev–Trinajstić information content (AvgIpc) is 2.67. The fourth-order valence-electron chi connectivity index (χ4n) is 4.88. The summed E-state index contributed by atoms with van der Waals surface area (Å²) in [6.45, 7) is 9.60. The molecule has 0 aromatic heterocycles. The molecule has 2 aliphatic heterocycles. The lowest BCUT2D eigenvalue weighted by Gasteiger charge is -2.37. The minimum absolute atomic E-state index is 0.174. The molecule has 3 aliphatic rings. The minimum atomic E-state index is 0.174. The van der Waals surface area contributed by atoms with Gasteiger partial charge in [0.05, 0.1) is 0 Å². The largest absolute Gasteiger partial charge is 0.342 e. The number of likely N-dealkylation sites (tertiary alicyclic amines) is 1. The number of carbonyl (C=O) groups is 2. The highest BCUT2D eigenvalue weighted by molar-refractivity contribution is 5.81. The Labute approximate surface area is 159 Å². The normalized spacial score (nSPS) is 29.7. The van der Waals surface area contributed by atoms with Crippen LogP contribution in [0.5, 0.6) is 0 Å². The van der Waals surface area contributed by atoms with Gasteiger partial charge in [-0.15, -0.1) is 0 Å². The quantitative estimate of drug-likeness (QED) is 0.751. The number of hydrogen-bond acceptors (Lipinski definition) is 4. The maximum atomic E-state index is 12.8. The predicted octanol–water partition coefficient (Wildman–Crippen LogP) is 2.26. The van der Waals surface area contributed by atoms with Crippen molar-refractivity contribution in [1.82, 2.24) is 14.7 Å². The molecule has 0 spiro atoms. The zero-order valence-electron chi connectivity index (χ0n) is 16.8. The third-order valence-corrected chi connectivity index (χ3v) is 7.03. The number of piperidine rings is 1. The summed E-state index contributed by atoms with van der Waals surface area (Å²) < 4.78 is 0. The van der Waals surface area contributed by atoms with E-state index >= 15 is 0 Å². The Morgan fingerprint density at radius 2 is 1.38 bits per heavy atom. The van der Waals surface area contributed by atoms with Crippen LogP contribution in [-0.4, -0.2) is 79.3 Å². The highest BCUT2D eigenvalue weighted by Crippen LogP contribution is 2.32. The number of piperazine rings is 1. The number of likely N-dealkylation sites (N-methyl/N-ethyl adjacent to an activating group) is 1. The van der Waals surface area contributed by atoms with E-state index in [-0.39, 0.29) is 11.8 Å². The maximum Gasteiger partial charge on any atom is 0.225 e. The highest BCUT2D eigenvalue weighted by atomic mass is 16.2. The molecule has 0 aromatic carbocycles. The second-order valence-corrected chi connectivity index (χ2v) is 8.86. The van der Waals surface area contributed by atoms with Gasteiger partial charge in [-0.3, -0.25) is 9.59 Å². The molecule has 3 fully saturated rings. The van der Waals surface area contributed by atoms with E-state index in [2.05, 4.69) is 21.7 Å². The first kappa shape index (κ1) is 19.8. The summed E-state index contributed by atoms with van der Waals surface area (Å²) in [5.74, 6) is 1.83. The topological polar surface area (TPSA) is 43.9 Å². The Morgan fingerprint density at radius 1 is 0.808 bits per heavy atom. The van der Waals surface area contributed by atoms with E-state index in [1.54, 1.807) is 6.92 Å². The van der Waals surface area contributed by atoms with Crippen LogP contribution in [0.2, 0.25) is 0 Å². The summed E-state index contributed by atoms with van der Waals surface area (Å²) in [6, 6.07) is 0. The van der Waals surface area contributed by atoms with Crippen molar-refractivity contribution in [3.8, 4) is 0 Å². The van der Waals surface area contributed by atoms with Crippen molar-refractivity contribution in [2.45, 2.75) is 51.9 Å². The standard InChI is InChI=1S/C21H37N3O2/c1-17(25)19-3-5-20(6-4-19)21(26)24-11-8-18(9-12-24)7-10-23-15-13-22(2)14-16-23/h18-20H,3-16H2,1-2H3. The monoisotopic (exact) mass is 363 g/mol. The predicted molar refractivity (Wildman–Crippen MR) is 104 cm³/mol. The first-order valence-electron chi connectivity index (χ1n) is 10.7. The summed E-state index contributed by atoms with van der Waals surface area (Å²) in [7, 11) is 2.21. The molecule has 1 aliphatic carbocycles. The Hall–Kier alpha value is -0.940. The lowest BCUT2D eigenvalue weighted by molar-refractivity contribution is -0.139. The molecule has 0 bridgehead atoms. The van der Waals surface area contributed by atoms with Crippen molar-refractivity contribution in [2.24, 2.45) is 17.8 Å². The molecule has 5 nitrogen and oxygen atoms in total. The molecule has 148 valence electrons. The zero-order valence-corrected chi connectivity index (χ0v) is 16.8. The van der Waals surface area contributed by atoms with Crippen molar-refractivity contribution in [3.63, 3.8) is 0 Å². The number of Topliss-reactive ketones (excluding diaryl/α,β-unsaturated/α-hetero) is 1. The smallest absolute Gasteiger partial charge is 0.225 e. The van der Waals surface area contributed by atoms with Crippen LogP contribution in [0.15, 0.2) is 0 Å². The molecular weight excluding hydrogens is 326 g/mol. The molecule has 0 unspecified atom stereocenters. The molecule has 26 heavy (non-hydrogen) atoms. The Bertz CT molecular complexity index is 472. The average molecular weight is 364 g/mol. The van der Waals surface area contributed by atoms with E-state index in [0.29, 0.717) is 11.7 Å². The Balaban J connectivity index is 1.34. The van der Waals surface area contributed by atoms with Crippen molar-refractivity contribution < 1.29 is 9.59 Å². The number of amides is 1. The van der Waals surface area contributed by atoms with Gasteiger partial charge in [0.2, 0.25) is 5.91 Å². The first-order valence-corrected chi connectivity index (χ1v) is 10.7. The lowest BCUT2D eigenvalue weighted by Crippen LogP contribution is -2.46. The van der Waals surface area contributed by atoms with E-state index in [9.17, 15) is 9.59 Å². The molecule has 2 heterocycles. The van der Waals surface area contributed by atoms with Crippen LogP contribution in [0.25, 0.3) is 0 Å².